The Hall–Kier alpha value is -2.35. The summed E-state index contributed by atoms with van der Waals surface area (Å²) in [6.07, 6.45) is -4.32. The average Bonchev–Trinajstić information content (AvgIpc) is 2.73. The number of carbonyl (C=O) groups excluding carboxylic acids is 1. The van der Waals surface area contributed by atoms with Gasteiger partial charge in [-0.2, -0.15) is 13.2 Å². The van der Waals surface area contributed by atoms with E-state index in [1.54, 1.807) is 19.1 Å². The van der Waals surface area contributed by atoms with Crippen LogP contribution in [0.25, 0.3) is 0 Å². The number of anilines is 1. The molecule has 0 amide bonds. The number of hydrogen-bond acceptors (Lipinski definition) is 3. The molecular formula is C18H16F3NO3S. The molecule has 26 heavy (non-hydrogen) atoms. The number of aryl methyl sites for hydroxylation is 1. The number of benzene rings is 2. The van der Waals surface area contributed by atoms with Crippen molar-refractivity contribution < 1.29 is 26.4 Å². The SMILES string of the molecule is Cc1ccc(S(=O)(=O)N2CCCC(=O)c3ccc(C(F)(F)F)cc32)cc1. The molecule has 2 aromatic rings. The predicted molar refractivity (Wildman–Crippen MR) is 90.7 cm³/mol. The molecule has 0 saturated heterocycles. The van der Waals surface area contributed by atoms with Gasteiger partial charge < -0.3 is 0 Å². The number of carbonyl (C=O) groups is 1. The smallest absolute Gasteiger partial charge is 0.294 e. The lowest BCUT2D eigenvalue weighted by Crippen LogP contribution is -2.32. The number of hydrogen-bond donors (Lipinski definition) is 0. The highest BCUT2D eigenvalue weighted by Gasteiger charge is 2.35. The molecule has 1 aliphatic rings. The van der Waals surface area contributed by atoms with Gasteiger partial charge in [0.25, 0.3) is 10.0 Å². The van der Waals surface area contributed by atoms with E-state index >= 15 is 0 Å². The zero-order valence-electron chi connectivity index (χ0n) is 13.9. The Bertz CT molecular complexity index is 951. The molecule has 0 fully saturated rings. The van der Waals surface area contributed by atoms with Crippen molar-refractivity contribution in [3.63, 3.8) is 0 Å². The lowest BCUT2D eigenvalue weighted by Gasteiger charge is -2.25. The summed E-state index contributed by atoms with van der Waals surface area (Å²) >= 11 is 0. The summed E-state index contributed by atoms with van der Waals surface area (Å²) in [6.45, 7) is 1.74. The summed E-state index contributed by atoms with van der Waals surface area (Å²) in [4.78, 5) is 12.2. The number of Topliss-reactive ketones (excluding diaryl/α,β-unsaturated/α-hetero) is 1. The molecule has 3 rings (SSSR count). The largest absolute Gasteiger partial charge is 0.416 e. The molecule has 0 spiro atoms. The van der Waals surface area contributed by atoms with Gasteiger partial charge in [-0.05, 0) is 43.7 Å². The minimum atomic E-state index is -4.64. The van der Waals surface area contributed by atoms with Gasteiger partial charge in [0.1, 0.15) is 0 Å². The van der Waals surface area contributed by atoms with Crippen molar-refractivity contribution in [2.24, 2.45) is 0 Å². The third-order valence-corrected chi connectivity index (χ3v) is 6.10. The van der Waals surface area contributed by atoms with E-state index < -0.39 is 21.8 Å². The van der Waals surface area contributed by atoms with Crippen molar-refractivity contribution in [2.45, 2.75) is 30.8 Å². The van der Waals surface area contributed by atoms with E-state index in [2.05, 4.69) is 0 Å². The second-order valence-corrected chi connectivity index (χ2v) is 8.01. The van der Waals surface area contributed by atoms with E-state index in [1.807, 2.05) is 0 Å². The number of rotatable bonds is 2. The van der Waals surface area contributed by atoms with Crippen LogP contribution >= 0.6 is 0 Å². The van der Waals surface area contributed by atoms with Crippen LogP contribution in [-0.4, -0.2) is 20.7 Å². The Morgan fingerprint density at radius 1 is 1.04 bits per heavy atom. The molecular weight excluding hydrogens is 367 g/mol. The van der Waals surface area contributed by atoms with Crippen LogP contribution in [0, 0.1) is 6.92 Å². The van der Waals surface area contributed by atoms with Gasteiger partial charge in [-0.15, -0.1) is 0 Å². The number of fused-ring (bicyclic) bond motifs is 1. The van der Waals surface area contributed by atoms with Gasteiger partial charge in [0.15, 0.2) is 5.78 Å². The maximum atomic E-state index is 13.1. The molecule has 0 aliphatic carbocycles. The highest BCUT2D eigenvalue weighted by atomic mass is 32.2. The molecule has 8 heteroatoms. The van der Waals surface area contributed by atoms with Crippen molar-refractivity contribution in [2.75, 3.05) is 10.8 Å². The van der Waals surface area contributed by atoms with Crippen LogP contribution < -0.4 is 4.31 Å². The van der Waals surface area contributed by atoms with Crippen LogP contribution in [0.1, 0.15) is 34.3 Å². The van der Waals surface area contributed by atoms with Crippen molar-refractivity contribution in [3.05, 3.63) is 59.2 Å². The summed E-state index contributed by atoms with van der Waals surface area (Å²) in [6, 6.07) is 8.65. The summed E-state index contributed by atoms with van der Waals surface area (Å²) < 4.78 is 66.2. The van der Waals surface area contributed by atoms with E-state index in [9.17, 15) is 26.4 Å². The monoisotopic (exact) mass is 383 g/mol. The van der Waals surface area contributed by atoms with E-state index in [0.717, 1.165) is 28.1 Å². The minimum absolute atomic E-state index is 0.00816. The summed E-state index contributed by atoms with van der Waals surface area (Å²) in [5.41, 5.74) is -0.362. The molecule has 1 aliphatic heterocycles. The van der Waals surface area contributed by atoms with E-state index in [1.165, 1.54) is 12.1 Å². The Balaban J connectivity index is 2.18. The van der Waals surface area contributed by atoms with Crippen molar-refractivity contribution in [1.29, 1.82) is 0 Å². The molecule has 0 aromatic heterocycles. The highest BCUT2D eigenvalue weighted by molar-refractivity contribution is 7.92. The van der Waals surface area contributed by atoms with Crippen LogP contribution in [-0.2, 0) is 16.2 Å². The normalized spacial score (nSPS) is 15.5. The Kier molecular flexibility index (Phi) is 4.56. The molecule has 4 nitrogen and oxygen atoms in total. The fourth-order valence-corrected chi connectivity index (χ4v) is 4.39. The molecule has 1 heterocycles. The molecule has 0 N–H and O–H groups in total. The third-order valence-electron chi connectivity index (χ3n) is 4.27. The molecule has 0 saturated carbocycles. The van der Waals surface area contributed by atoms with E-state index in [-0.39, 0.29) is 41.3 Å². The quantitative estimate of drug-likeness (QED) is 0.782. The Morgan fingerprint density at radius 2 is 1.69 bits per heavy atom. The van der Waals surface area contributed by atoms with Crippen LogP contribution in [0.3, 0.4) is 0 Å². The topological polar surface area (TPSA) is 54.5 Å². The van der Waals surface area contributed by atoms with Crippen molar-refractivity contribution >= 4 is 21.5 Å². The van der Waals surface area contributed by atoms with Crippen LogP contribution in [0.2, 0.25) is 0 Å². The first-order chi connectivity index (χ1) is 12.1. The lowest BCUT2D eigenvalue weighted by molar-refractivity contribution is -0.137. The standard InChI is InChI=1S/C18H16F3NO3S/c1-12-4-7-14(8-5-12)26(24,25)22-10-2-3-17(23)15-9-6-13(11-16(15)22)18(19,20)21/h4-9,11H,2-3,10H2,1H3. The number of halogens is 3. The van der Waals surface area contributed by atoms with Crippen LogP contribution in [0.4, 0.5) is 18.9 Å². The first-order valence-electron chi connectivity index (χ1n) is 7.94. The van der Waals surface area contributed by atoms with Crippen molar-refractivity contribution in [3.8, 4) is 0 Å². The minimum Gasteiger partial charge on any atom is -0.294 e. The number of sulfonamides is 1. The van der Waals surface area contributed by atoms with Crippen LogP contribution in [0.5, 0.6) is 0 Å². The van der Waals surface area contributed by atoms with Gasteiger partial charge in [0, 0.05) is 18.5 Å². The lowest BCUT2D eigenvalue weighted by atomic mass is 10.0. The third kappa shape index (κ3) is 3.33. The summed E-state index contributed by atoms with van der Waals surface area (Å²) in [7, 11) is -4.09. The van der Waals surface area contributed by atoms with Gasteiger partial charge in [-0.1, -0.05) is 17.7 Å². The molecule has 0 unspecified atom stereocenters. The van der Waals surface area contributed by atoms with Gasteiger partial charge in [-0.25, -0.2) is 8.42 Å². The molecule has 0 bridgehead atoms. The fraction of sp³-hybridized carbons (Fsp3) is 0.278. The molecule has 0 radical (unpaired) electrons. The van der Waals surface area contributed by atoms with Gasteiger partial charge >= 0.3 is 6.18 Å². The van der Waals surface area contributed by atoms with Crippen molar-refractivity contribution in [1.82, 2.24) is 0 Å². The average molecular weight is 383 g/mol. The Labute approximate surface area is 149 Å². The number of alkyl halides is 3. The number of ketones is 1. The fourth-order valence-electron chi connectivity index (χ4n) is 2.88. The summed E-state index contributed by atoms with van der Waals surface area (Å²) in [5, 5.41) is 0. The molecule has 138 valence electrons. The zero-order chi connectivity index (χ0) is 19.1. The predicted octanol–water partition coefficient (Wildman–Crippen LogP) is 4.19. The maximum Gasteiger partial charge on any atom is 0.416 e. The van der Waals surface area contributed by atoms with Gasteiger partial charge in [0.2, 0.25) is 0 Å². The maximum absolute atomic E-state index is 13.1. The van der Waals surface area contributed by atoms with Crippen LogP contribution in [0.15, 0.2) is 47.4 Å². The highest BCUT2D eigenvalue weighted by Crippen LogP contribution is 2.37. The first kappa shape index (κ1) is 18.4. The second-order valence-electron chi connectivity index (χ2n) is 6.15. The summed E-state index contributed by atoms with van der Waals surface area (Å²) in [5.74, 6) is -0.365. The van der Waals surface area contributed by atoms with Gasteiger partial charge in [-0.3, -0.25) is 9.10 Å². The molecule has 2 aromatic carbocycles. The zero-order valence-corrected chi connectivity index (χ0v) is 14.7. The van der Waals surface area contributed by atoms with E-state index in [4.69, 9.17) is 0 Å². The van der Waals surface area contributed by atoms with Gasteiger partial charge in [0.05, 0.1) is 16.1 Å². The second kappa shape index (κ2) is 6.42. The first-order valence-corrected chi connectivity index (χ1v) is 9.38. The molecule has 0 atom stereocenters. The number of nitrogens with zero attached hydrogens (tertiary/aromatic N) is 1. The Morgan fingerprint density at radius 3 is 2.31 bits per heavy atom. The van der Waals surface area contributed by atoms with E-state index in [0.29, 0.717) is 0 Å².